The predicted octanol–water partition coefficient (Wildman–Crippen LogP) is 3.07. The Balaban J connectivity index is 2.09. The van der Waals surface area contributed by atoms with Crippen LogP contribution in [-0.2, 0) is 6.42 Å². The van der Waals surface area contributed by atoms with Gasteiger partial charge in [0.05, 0.1) is 11.5 Å². The Morgan fingerprint density at radius 1 is 1.56 bits per heavy atom. The topological polar surface area (TPSA) is 33.0 Å². The van der Waals surface area contributed by atoms with Crippen LogP contribution in [0.3, 0.4) is 0 Å². The zero-order chi connectivity index (χ0) is 11.8. The number of ether oxygens (including phenoxy) is 1. The first-order valence-corrected chi connectivity index (χ1v) is 5.36. The third kappa shape index (κ3) is 2.16. The molecule has 0 bridgehead atoms. The minimum absolute atomic E-state index is 0.00792. The fourth-order valence-corrected chi connectivity index (χ4v) is 2.02. The van der Waals surface area contributed by atoms with Crippen LogP contribution in [0.25, 0.3) is 0 Å². The molecule has 0 aromatic heterocycles. The fraction of sp³-hybridized carbons (Fsp3) is 0.462. The lowest BCUT2D eigenvalue weighted by Gasteiger charge is -2.19. The van der Waals surface area contributed by atoms with Gasteiger partial charge in [-0.15, -0.1) is 0 Å². The van der Waals surface area contributed by atoms with Crippen LogP contribution >= 0.6 is 0 Å². The minimum Gasteiger partial charge on any atom is -0.490 e. The normalized spacial score (nSPS) is 18.8. The molecule has 1 unspecified atom stereocenters. The summed E-state index contributed by atoms with van der Waals surface area (Å²) in [7, 11) is 0. The van der Waals surface area contributed by atoms with Crippen LogP contribution in [0.1, 0.15) is 25.8 Å². The van der Waals surface area contributed by atoms with Crippen molar-refractivity contribution in [1.29, 1.82) is 5.26 Å². The second-order valence-electron chi connectivity index (χ2n) is 4.90. The van der Waals surface area contributed by atoms with Gasteiger partial charge in [0.25, 0.3) is 0 Å². The molecule has 16 heavy (non-hydrogen) atoms. The molecule has 1 aliphatic rings. The summed E-state index contributed by atoms with van der Waals surface area (Å²) in [5.41, 5.74) is 0.504. The molecule has 1 heterocycles. The van der Waals surface area contributed by atoms with Gasteiger partial charge in [-0.2, -0.15) is 5.26 Å². The maximum Gasteiger partial charge on any atom is 0.123 e. The summed E-state index contributed by atoms with van der Waals surface area (Å²) in [6.07, 6.45) is 1.35. The lowest BCUT2D eigenvalue weighted by Crippen LogP contribution is -2.22. The van der Waals surface area contributed by atoms with Crippen LogP contribution in [0, 0.1) is 22.6 Å². The van der Waals surface area contributed by atoms with Gasteiger partial charge >= 0.3 is 0 Å². The summed E-state index contributed by atoms with van der Waals surface area (Å²) >= 11 is 0. The lowest BCUT2D eigenvalue weighted by atomic mass is 9.87. The lowest BCUT2D eigenvalue weighted by molar-refractivity contribution is 0.182. The van der Waals surface area contributed by atoms with Gasteiger partial charge in [-0.25, -0.2) is 4.39 Å². The summed E-state index contributed by atoms with van der Waals surface area (Å²) in [5, 5.41) is 8.95. The molecule has 84 valence electrons. The van der Waals surface area contributed by atoms with E-state index in [4.69, 9.17) is 10.00 Å². The molecule has 3 heteroatoms. The fourth-order valence-electron chi connectivity index (χ4n) is 2.02. The molecular weight excluding hydrogens is 205 g/mol. The van der Waals surface area contributed by atoms with Gasteiger partial charge in [-0.05, 0) is 32.0 Å². The van der Waals surface area contributed by atoms with Crippen molar-refractivity contribution in [3.8, 4) is 11.8 Å². The molecule has 2 nitrogen and oxygen atoms in total. The highest BCUT2D eigenvalue weighted by atomic mass is 19.1. The number of nitrogens with zero attached hydrogens (tertiary/aromatic N) is 1. The number of hydrogen-bond acceptors (Lipinski definition) is 2. The number of rotatable bonds is 2. The Bertz CT molecular complexity index is 448. The quantitative estimate of drug-likeness (QED) is 0.765. The molecule has 1 atom stereocenters. The van der Waals surface area contributed by atoms with E-state index in [0.717, 1.165) is 11.3 Å². The summed E-state index contributed by atoms with van der Waals surface area (Å²) in [6.45, 7) is 3.78. The minimum atomic E-state index is -0.398. The highest BCUT2D eigenvalue weighted by molar-refractivity contribution is 5.38. The van der Waals surface area contributed by atoms with E-state index in [2.05, 4.69) is 6.07 Å². The van der Waals surface area contributed by atoms with Gasteiger partial charge in [0.1, 0.15) is 17.7 Å². The van der Waals surface area contributed by atoms with Crippen LogP contribution < -0.4 is 4.74 Å². The molecule has 0 radical (unpaired) electrons. The third-order valence-electron chi connectivity index (χ3n) is 2.80. The highest BCUT2D eigenvalue weighted by Crippen LogP contribution is 2.34. The Morgan fingerprint density at radius 3 is 3.00 bits per heavy atom. The van der Waals surface area contributed by atoms with E-state index < -0.39 is 5.41 Å². The standard InChI is InChI=1S/C13H14FNO/c1-13(2,8-15)7-11-6-9-5-10(14)3-4-12(9)16-11/h3-5,11H,6-7H2,1-2H3. The summed E-state index contributed by atoms with van der Waals surface area (Å²) in [5.74, 6) is 0.516. The molecule has 0 N–H and O–H groups in total. The monoisotopic (exact) mass is 219 g/mol. The van der Waals surface area contributed by atoms with Crippen LogP contribution in [-0.4, -0.2) is 6.10 Å². The van der Waals surface area contributed by atoms with E-state index in [0.29, 0.717) is 12.8 Å². The van der Waals surface area contributed by atoms with Crippen molar-refractivity contribution in [2.24, 2.45) is 5.41 Å². The zero-order valence-electron chi connectivity index (χ0n) is 9.46. The molecule has 0 aliphatic carbocycles. The maximum atomic E-state index is 13.0. The van der Waals surface area contributed by atoms with E-state index in [1.807, 2.05) is 13.8 Å². The number of halogens is 1. The van der Waals surface area contributed by atoms with Crippen LogP contribution in [0.2, 0.25) is 0 Å². The average molecular weight is 219 g/mol. The van der Waals surface area contributed by atoms with Gasteiger partial charge in [0.15, 0.2) is 0 Å². The molecule has 0 saturated carbocycles. The van der Waals surface area contributed by atoms with E-state index >= 15 is 0 Å². The van der Waals surface area contributed by atoms with E-state index in [1.165, 1.54) is 12.1 Å². The van der Waals surface area contributed by atoms with Crippen molar-refractivity contribution in [2.45, 2.75) is 32.8 Å². The number of fused-ring (bicyclic) bond motifs is 1. The molecule has 0 saturated heterocycles. The Labute approximate surface area is 94.7 Å². The molecule has 0 amide bonds. The van der Waals surface area contributed by atoms with Gasteiger partial charge in [0.2, 0.25) is 0 Å². The van der Waals surface area contributed by atoms with Crippen molar-refractivity contribution in [3.05, 3.63) is 29.6 Å². The van der Waals surface area contributed by atoms with Gasteiger partial charge in [-0.1, -0.05) is 0 Å². The van der Waals surface area contributed by atoms with Crippen molar-refractivity contribution in [2.75, 3.05) is 0 Å². The van der Waals surface area contributed by atoms with Crippen molar-refractivity contribution < 1.29 is 9.13 Å². The third-order valence-corrected chi connectivity index (χ3v) is 2.80. The van der Waals surface area contributed by atoms with E-state index in [1.54, 1.807) is 6.07 Å². The molecular formula is C13H14FNO. The van der Waals surface area contributed by atoms with Crippen LogP contribution in [0.4, 0.5) is 4.39 Å². The first kappa shape index (κ1) is 10.9. The molecule has 1 aliphatic heterocycles. The second-order valence-corrected chi connectivity index (χ2v) is 4.90. The summed E-state index contributed by atoms with van der Waals surface area (Å²) in [6, 6.07) is 6.82. The molecule has 1 aromatic carbocycles. The number of nitriles is 1. The van der Waals surface area contributed by atoms with Crippen LogP contribution in [0.5, 0.6) is 5.75 Å². The van der Waals surface area contributed by atoms with Crippen molar-refractivity contribution in [1.82, 2.24) is 0 Å². The van der Waals surface area contributed by atoms with Gasteiger partial charge < -0.3 is 4.74 Å². The largest absolute Gasteiger partial charge is 0.490 e. The maximum absolute atomic E-state index is 13.0. The predicted molar refractivity (Wildman–Crippen MR) is 58.5 cm³/mol. The Morgan fingerprint density at radius 2 is 2.31 bits per heavy atom. The molecule has 2 rings (SSSR count). The van der Waals surface area contributed by atoms with E-state index in [9.17, 15) is 4.39 Å². The second kappa shape index (κ2) is 3.79. The zero-order valence-corrected chi connectivity index (χ0v) is 9.46. The van der Waals surface area contributed by atoms with E-state index in [-0.39, 0.29) is 11.9 Å². The number of hydrogen-bond donors (Lipinski definition) is 0. The summed E-state index contributed by atoms with van der Waals surface area (Å²) in [4.78, 5) is 0. The molecule has 0 spiro atoms. The van der Waals surface area contributed by atoms with Crippen molar-refractivity contribution in [3.63, 3.8) is 0 Å². The van der Waals surface area contributed by atoms with Gasteiger partial charge in [-0.3, -0.25) is 0 Å². The SMILES string of the molecule is CC(C)(C#N)CC1Cc2cc(F)ccc2O1. The first-order valence-electron chi connectivity index (χ1n) is 5.36. The van der Waals surface area contributed by atoms with Gasteiger partial charge in [0, 0.05) is 18.4 Å². The molecule has 0 fully saturated rings. The molecule has 1 aromatic rings. The Hall–Kier alpha value is -1.56. The first-order chi connectivity index (χ1) is 7.50. The number of benzene rings is 1. The Kier molecular flexibility index (Phi) is 2.59. The van der Waals surface area contributed by atoms with Crippen molar-refractivity contribution >= 4 is 0 Å². The average Bonchev–Trinajstić information content (AvgIpc) is 2.58. The highest BCUT2D eigenvalue weighted by Gasteiger charge is 2.29. The smallest absolute Gasteiger partial charge is 0.123 e. The van der Waals surface area contributed by atoms with Crippen LogP contribution in [0.15, 0.2) is 18.2 Å². The summed E-state index contributed by atoms with van der Waals surface area (Å²) < 4.78 is 18.7.